The maximum atomic E-state index is 12.1. The Hall–Kier alpha value is -1.99. The van der Waals surface area contributed by atoms with Crippen molar-refractivity contribution in [1.82, 2.24) is 4.98 Å². The highest BCUT2D eigenvalue weighted by Crippen LogP contribution is 2.24. The fraction of sp³-hybridized carbons (Fsp3) is 0.400. The van der Waals surface area contributed by atoms with Crippen molar-refractivity contribution >= 4 is 17.5 Å². The molecule has 0 spiro atoms. The molecular formula is C10H12F3N3O2. The summed E-state index contributed by atoms with van der Waals surface area (Å²) in [5.41, 5.74) is 5.42. The second-order valence-electron chi connectivity index (χ2n) is 3.70. The molecule has 0 amide bonds. The summed E-state index contributed by atoms with van der Waals surface area (Å²) >= 11 is 0. The third-order valence-corrected chi connectivity index (χ3v) is 2.22. The molecule has 18 heavy (non-hydrogen) atoms. The fourth-order valence-corrected chi connectivity index (χ4v) is 1.28. The summed E-state index contributed by atoms with van der Waals surface area (Å²) in [6, 6.07) is 2.49. The van der Waals surface area contributed by atoms with Crippen LogP contribution in [0, 0.1) is 0 Å². The Bertz CT molecular complexity index is 448. The molecule has 5 nitrogen and oxygen atoms in total. The summed E-state index contributed by atoms with van der Waals surface area (Å²) in [6.45, 7) is -0.343. The SMILES string of the molecule is CN(CCC(F)(F)F)c1nc(C(=O)O)ccc1N. The van der Waals surface area contributed by atoms with Crippen LogP contribution < -0.4 is 10.6 Å². The third kappa shape index (κ3) is 3.79. The molecule has 100 valence electrons. The first kappa shape index (κ1) is 14.1. The van der Waals surface area contributed by atoms with Crippen molar-refractivity contribution < 1.29 is 23.1 Å². The van der Waals surface area contributed by atoms with Crippen LogP contribution in [0.3, 0.4) is 0 Å². The normalized spacial score (nSPS) is 11.3. The minimum absolute atomic E-state index is 0.0270. The average Bonchev–Trinajstić information content (AvgIpc) is 2.25. The highest BCUT2D eigenvalue weighted by atomic mass is 19.4. The van der Waals surface area contributed by atoms with E-state index < -0.39 is 18.6 Å². The molecule has 0 fully saturated rings. The van der Waals surface area contributed by atoms with Gasteiger partial charge in [-0.05, 0) is 12.1 Å². The van der Waals surface area contributed by atoms with Gasteiger partial charge in [0.1, 0.15) is 0 Å². The van der Waals surface area contributed by atoms with Gasteiger partial charge in [-0.25, -0.2) is 9.78 Å². The number of hydrogen-bond donors (Lipinski definition) is 2. The molecule has 1 aromatic rings. The monoisotopic (exact) mass is 263 g/mol. The van der Waals surface area contributed by atoms with Gasteiger partial charge in [-0.2, -0.15) is 13.2 Å². The zero-order chi connectivity index (χ0) is 13.9. The molecule has 8 heteroatoms. The first-order chi connectivity index (χ1) is 8.20. The number of halogens is 3. The number of alkyl halides is 3. The molecule has 0 aliphatic rings. The van der Waals surface area contributed by atoms with Crippen LogP contribution in [0.4, 0.5) is 24.7 Å². The van der Waals surface area contributed by atoms with Crippen LogP contribution in [-0.4, -0.2) is 35.8 Å². The Labute approximate surface area is 101 Å². The van der Waals surface area contributed by atoms with Gasteiger partial charge in [0.15, 0.2) is 11.5 Å². The van der Waals surface area contributed by atoms with E-state index in [1.54, 1.807) is 0 Å². The predicted octanol–water partition coefficient (Wildman–Crippen LogP) is 1.75. The van der Waals surface area contributed by atoms with E-state index in [0.717, 1.165) is 0 Å². The second-order valence-corrected chi connectivity index (χ2v) is 3.70. The zero-order valence-electron chi connectivity index (χ0n) is 9.53. The minimum Gasteiger partial charge on any atom is -0.477 e. The number of carboxylic acids is 1. The van der Waals surface area contributed by atoms with Crippen LogP contribution in [0.5, 0.6) is 0 Å². The smallest absolute Gasteiger partial charge is 0.390 e. The van der Waals surface area contributed by atoms with Gasteiger partial charge in [-0.15, -0.1) is 0 Å². The number of hydrogen-bond acceptors (Lipinski definition) is 4. The van der Waals surface area contributed by atoms with Gasteiger partial charge in [0, 0.05) is 13.6 Å². The van der Waals surface area contributed by atoms with E-state index in [9.17, 15) is 18.0 Å². The average molecular weight is 263 g/mol. The van der Waals surface area contributed by atoms with Crippen LogP contribution in [-0.2, 0) is 0 Å². The largest absolute Gasteiger partial charge is 0.477 e. The molecule has 3 N–H and O–H groups in total. The first-order valence-corrected chi connectivity index (χ1v) is 4.98. The highest BCUT2D eigenvalue weighted by Gasteiger charge is 2.27. The lowest BCUT2D eigenvalue weighted by Crippen LogP contribution is -2.26. The zero-order valence-corrected chi connectivity index (χ0v) is 9.53. The van der Waals surface area contributed by atoms with Crippen LogP contribution in [0.2, 0.25) is 0 Å². The molecule has 0 unspecified atom stereocenters. The molecule has 0 aliphatic heterocycles. The van der Waals surface area contributed by atoms with Crippen LogP contribution in [0.25, 0.3) is 0 Å². The maximum absolute atomic E-state index is 12.1. The van der Waals surface area contributed by atoms with E-state index in [1.165, 1.54) is 24.1 Å². The van der Waals surface area contributed by atoms with Crippen molar-refractivity contribution in [2.24, 2.45) is 0 Å². The summed E-state index contributed by atoms with van der Waals surface area (Å²) in [7, 11) is 1.37. The Kier molecular flexibility index (Phi) is 4.00. The van der Waals surface area contributed by atoms with Gasteiger partial charge in [-0.1, -0.05) is 0 Å². The number of nitrogens with two attached hydrogens (primary N) is 1. The number of nitrogen functional groups attached to an aromatic ring is 1. The van der Waals surface area contributed by atoms with Crippen molar-refractivity contribution in [2.75, 3.05) is 24.2 Å². The van der Waals surface area contributed by atoms with E-state index in [2.05, 4.69) is 4.98 Å². The number of aromatic nitrogens is 1. The molecule has 0 radical (unpaired) electrons. The number of aromatic carboxylic acids is 1. The second kappa shape index (κ2) is 5.11. The van der Waals surface area contributed by atoms with Gasteiger partial charge < -0.3 is 15.7 Å². The van der Waals surface area contributed by atoms with E-state index in [1.807, 2.05) is 0 Å². The molecule has 0 bridgehead atoms. The lowest BCUT2D eigenvalue weighted by atomic mass is 10.3. The van der Waals surface area contributed by atoms with Crippen molar-refractivity contribution in [3.63, 3.8) is 0 Å². The van der Waals surface area contributed by atoms with Crippen LogP contribution in [0.1, 0.15) is 16.9 Å². The van der Waals surface area contributed by atoms with E-state index >= 15 is 0 Å². The highest BCUT2D eigenvalue weighted by molar-refractivity contribution is 5.86. The number of rotatable bonds is 4. The molecule has 0 aliphatic carbocycles. The molecule has 0 saturated heterocycles. The Balaban J connectivity index is 2.87. The first-order valence-electron chi connectivity index (χ1n) is 4.98. The van der Waals surface area contributed by atoms with E-state index in [-0.39, 0.29) is 23.7 Å². The number of anilines is 2. The van der Waals surface area contributed by atoms with Gasteiger partial charge >= 0.3 is 12.1 Å². The lowest BCUT2D eigenvalue weighted by Gasteiger charge is -2.20. The summed E-state index contributed by atoms with van der Waals surface area (Å²) in [5, 5.41) is 8.74. The van der Waals surface area contributed by atoms with E-state index in [0.29, 0.717) is 0 Å². The Morgan fingerprint density at radius 1 is 1.50 bits per heavy atom. The number of pyridine rings is 1. The number of carboxylic acid groups (broad SMARTS) is 1. The predicted molar refractivity (Wildman–Crippen MR) is 59.6 cm³/mol. The molecular weight excluding hydrogens is 251 g/mol. The van der Waals surface area contributed by atoms with Gasteiger partial charge in [0.2, 0.25) is 0 Å². The third-order valence-electron chi connectivity index (χ3n) is 2.22. The van der Waals surface area contributed by atoms with Crippen LogP contribution >= 0.6 is 0 Å². The summed E-state index contributed by atoms with van der Waals surface area (Å²) < 4.78 is 36.2. The molecule has 1 heterocycles. The summed E-state index contributed by atoms with van der Waals surface area (Å²) in [5.74, 6) is -1.24. The molecule has 0 aromatic carbocycles. The lowest BCUT2D eigenvalue weighted by molar-refractivity contribution is -0.132. The summed E-state index contributed by atoms with van der Waals surface area (Å²) in [6.07, 6.45) is -5.31. The molecule has 1 rings (SSSR count). The quantitative estimate of drug-likeness (QED) is 0.865. The number of nitrogens with zero attached hydrogens (tertiary/aromatic N) is 2. The summed E-state index contributed by atoms with van der Waals surface area (Å²) in [4.78, 5) is 15.6. The van der Waals surface area contributed by atoms with Gasteiger partial charge in [-0.3, -0.25) is 0 Å². The maximum Gasteiger partial charge on any atom is 0.390 e. The van der Waals surface area contributed by atoms with Gasteiger partial charge in [0.05, 0.1) is 12.1 Å². The molecule has 1 aromatic heterocycles. The molecule has 0 atom stereocenters. The van der Waals surface area contributed by atoms with E-state index in [4.69, 9.17) is 10.8 Å². The fourth-order valence-electron chi connectivity index (χ4n) is 1.28. The number of carbonyl (C=O) groups is 1. The Morgan fingerprint density at radius 3 is 2.61 bits per heavy atom. The van der Waals surface area contributed by atoms with Crippen molar-refractivity contribution in [3.8, 4) is 0 Å². The standard InChI is InChI=1S/C10H12F3N3O2/c1-16(5-4-10(11,12)13)8-6(14)2-3-7(15-8)9(17)18/h2-3H,4-5,14H2,1H3,(H,17,18). The van der Waals surface area contributed by atoms with Gasteiger partial charge in [0.25, 0.3) is 0 Å². The Morgan fingerprint density at radius 2 is 2.11 bits per heavy atom. The topological polar surface area (TPSA) is 79.5 Å². The van der Waals surface area contributed by atoms with Crippen molar-refractivity contribution in [3.05, 3.63) is 17.8 Å². The van der Waals surface area contributed by atoms with Crippen LogP contribution in [0.15, 0.2) is 12.1 Å². The molecule has 0 saturated carbocycles. The van der Waals surface area contributed by atoms with Crippen molar-refractivity contribution in [1.29, 1.82) is 0 Å². The van der Waals surface area contributed by atoms with Crippen molar-refractivity contribution in [2.45, 2.75) is 12.6 Å². The minimum atomic E-state index is -4.28.